The molecule has 1 fully saturated rings. The van der Waals surface area contributed by atoms with E-state index < -0.39 is 48.2 Å². The van der Waals surface area contributed by atoms with Gasteiger partial charge < -0.3 is 30.4 Å². The van der Waals surface area contributed by atoms with Gasteiger partial charge in [0, 0.05) is 45.4 Å². The summed E-state index contributed by atoms with van der Waals surface area (Å²) in [6, 6.07) is 12.1. The molecule has 0 radical (unpaired) electrons. The first-order chi connectivity index (χ1) is 23.3. The van der Waals surface area contributed by atoms with Gasteiger partial charge in [-0.25, -0.2) is 4.79 Å². The number of fused-ring (bicyclic) bond motifs is 2. The number of pyridine rings is 1. The maximum absolute atomic E-state index is 13.6. The van der Waals surface area contributed by atoms with Crippen molar-refractivity contribution in [2.24, 2.45) is 5.92 Å². The maximum atomic E-state index is 13.6. The van der Waals surface area contributed by atoms with Gasteiger partial charge in [0.1, 0.15) is 17.5 Å². The molecule has 2 aromatic heterocycles. The fraction of sp³-hybridized carbons (Fsp3) is 0.389. The van der Waals surface area contributed by atoms with Crippen LogP contribution in [0.25, 0.3) is 21.7 Å². The van der Waals surface area contributed by atoms with E-state index in [1.165, 1.54) is 6.20 Å². The summed E-state index contributed by atoms with van der Waals surface area (Å²) in [5, 5.41) is 10.4. The minimum atomic E-state index is -1.13. The van der Waals surface area contributed by atoms with Crippen LogP contribution in [0.4, 0.5) is 0 Å². The lowest BCUT2D eigenvalue weighted by Gasteiger charge is -2.27. The van der Waals surface area contributed by atoms with Crippen LogP contribution in [-0.2, 0) is 19.1 Å². The second kappa shape index (κ2) is 17.1. The zero-order valence-corrected chi connectivity index (χ0v) is 27.8. The number of carbonyl (C=O) groups excluding carboxylic acids is 5. The fourth-order valence-electron chi connectivity index (χ4n) is 5.70. The Morgan fingerprint density at radius 3 is 2.56 bits per heavy atom. The number of H-pyrrole nitrogens is 1. The quantitative estimate of drug-likeness (QED) is 0.141. The van der Waals surface area contributed by atoms with Crippen molar-refractivity contribution in [1.82, 2.24) is 25.9 Å². The molecule has 3 atom stereocenters. The topological polar surface area (TPSA) is 169 Å². The fourth-order valence-corrected chi connectivity index (χ4v) is 5.70. The highest BCUT2D eigenvalue weighted by Gasteiger charge is 2.33. The highest BCUT2D eigenvalue weighted by Crippen LogP contribution is 2.26. The summed E-state index contributed by atoms with van der Waals surface area (Å²) in [5.41, 5.74) is 1.15. The third-order valence-corrected chi connectivity index (χ3v) is 8.15. The van der Waals surface area contributed by atoms with Crippen molar-refractivity contribution in [3.05, 3.63) is 72.2 Å². The zero-order valence-electron chi connectivity index (χ0n) is 27.8. The molecule has 48 heavy (non-hydrogen) atoms. The molecule has 1 saturated heterocycles. The number of ether oxygens (including phenoxy) is 2. The molecule has 2 aromatic carbocycles. The molecule has 3 amide bonds. The minimum absolute atomic E-state index is 0. The Hall–Kier alpha value is -5.26. The monoisotopic (exact) mass is 663 g/mol. The number of Topliss-reactive ketones (excluding diaryl/α,β-unsaturated/α-hetero) is 1. The normalized spacial score (nSPS) is 15.3. The van der Waals surface area contributed by atoms with Crippen molar-refractivity contribution in [2.45, 2.75) is 65.0 Å². The van der Waals surface area contributed by atoms with Gasteiger partial charge in [-0.05, 0) is 49.3 Å². The number of ketones is 1. The van der Waals surface area contributed by atoms with Crippen LogP contribution in [0.2, 0.25) is 0 Å². The third kappa shape index (κ3) is 8.55. The number of carbonyl (C=O) groups is 5. The smallest absolute Gasteiger partial charge is 0.340 e. The average Bonchev–Trinajstić information content (AvgIpc) is 3.56. The third-order valence-electron chi connectivity index (χ3n) is 8.15. The summed E-state index contributed by atoms with van der Waals surface area (Å²) in [5.74, 6) is -2.50. The van der Waals surface area contributed by atoms with Crippen molar-refractivity contribution in [3.8, 4) is 5.75 Å². The molecule has 3 heterocycles. The molecule has 0 spiro atoms. The molecule has 4 N–H and O–H groups in total. The lowest BCUT2D eigenvalue weighted by atomic mass is 9.90. The largest absolute Gasteiger partial charge is 0.496 e. The van der Waals surface area contributed by atoms with Gasteiger partial charge in [0.25, 0.3) is 5.91 Å². The molecular formula is C36H49N5O7. The molecule has 5 rings (SSSR count). The van der Waals surface area contributed by atoms with Gasteiger partial charge in [-0.1, -0.05) is 57.5 Å². The number of methoxy groups -OCH3 is 1. The van der Waals surface area contributed by atoms with E-state index in [-0.39, 0.29) is 27.9 Å². The van der Waals surface area contributed by atoms with Crippen molar-refractivity contribution in [3.63, 3.8) is 0 Å². The van der Waals surface area contributed by atoms with E-state index in [1.807, 2.05) is 39.0 Å². The predicted molar refractivity (Wildman–Crippen MR) is 188 cm³/mol. The Balaban J connectivity index is 0.00000256. The molecular weight excluding hydrogens is 614 g/mol. The number of aromatic nitrogens is 2. The SMILES string of the molecule is CC.CCC[C@H](NC(=O)c1cc2c(OC)cccc2[nH]1)C(=O)N[C@@H](C[C@@H]1CCCNC1=O)C(=O)COC(=O)c1cncc2ccccc12.[HH].[HH].[HH]. The summed E-state index contributed by atoms with van der Waals surface area (Å²) in [6.45, 7) is 5.79. The van der Waals surface area contributed by atoms with E-state index in [0.29, 0.717) is 42.5 Å². The highest BCUT2D eigenvalue weighted by atomic mass is 16.5. The first-order valence-corrected chi connectivity index (χ1v) is 16.4. The minimum Gasteiger partial charge on any atom is -0.496 e. The number of rotatable bonds is 13. The number of esters is 1. The van der Waals surface area contributed by atoms with Crippen LogP contribution in [0.3, 0.4) is 0 Å². The van der Waals surface area contributed by atoms with Gasteiger partial charge in [0.2, 0.25) is 11.8 Å². The van der Waals surface area contributed by atoms with Crippen LogP contribution in [-0.4, -0.2) is 71.8 Å². The molecule has 0 unspecified atom stereocenters. The van der Waals surface area contributed by atoms with Gasteiger partial charge in [0.05, 0.1) is 18.7 Å². The number of amides is 3. The van der Waals surface area contributed by atoms with Crippen LogP contribution in [0.5, 0.6) is 5.75 Å². The number of nitrogens with zero attached hydrogens (tertiary/aromatic N) is 1. The first-order valence-electron chi connectivity index (χ1n) is 16.4. The molecule has 1 aliphatic rings. The van der Waals surface area contributed by atoms with Crippen molar-refractivity contribution in [1.29, 1.82) is 0 Å². The number of hydrogen-bond donors (Lipinski definition) is 4. The predicted octanol–water partition coefficient (Wildman–Crippen LogP) is 5.21. The number of aromatic amines is 1. The molecule has 12 nitrogen and oxygen atoms in total. The average molecular weight is 664 g/mol. The van der Waals surface area contributed by atoms with Gasteiger partial charge in [-0.3, -0.25) is 24.2 Å². The van der Waals surface area contributed by atoms with Gasteiger partial charge in [-0.15, -0.1) is 0 Å². The van der Waals surface area contributed by atoms with Gasteiger partial charge in [0.15, 0.2) is 12.4 Å². The molecule has 0 saturated carbocycles. The number of nitrogens with one attached hydrogen (secondary N) is 4. The molecule has 0 bridgehead atoms. The highest BCUT2D eigenvalue weighted by molar-refractivity contribution is 6.05. The first kappa shape index (κ1) is 35.6. The van der Waals surface area contributed by atoms with E-state index >= 15 is 0 Å². The van der Waals surface area contributed by atoms with E-state index in [2.05, 4.69) is 25.9 Å². The Morgan fingerprint density at radius 1 is 1.02 bits per heavy atom. The van der Waals surface area contributed by atoms with Crippen LogP contribution in [0.1, 0.15) is 78.0 Å². The Bertz CT molecular complexity index is 1780. The Kier molecular flexibility index (Phi) is 12.6. The van der Waals surface area contributed by atoms with Crippen molar-refractivity contribution < 1.29 is 37.7 Å². The second-order valence-electron chi connectivity index (χ2n) is 11.3. The molecule has 12 heteroatoms. The number of hydrogen-bond acceptors (Lipinski definition) is 8. The van der Waals surface area contributed by atoms with E-state index in [0.717, 1.165) is 17.2 Å². The number of benzene rings is 2. The lowest BCUT2D eigenvalue weighted by Crippen LogP contribution is -2.53. The van der Waals surface area contributed by atoms with Crippen molar-refractivity contribution >= 4 is 51.1 Å². The summed E-state index contributed by atoms with van der Waals surface area (Å²) >= 11 is 0. The molecule has 4 aromatic rings. The Labute approximate surface area is 283 Å². The number of piperidine rings is 1. The lowest BCUT2D eigenvalue weighted by molar-refractivity contribution is -0.132. The summed E-state index contributed by atoms with van der Waals surface area (Å²) in [4.78, 5) is 73.0. The molecule has 1 aliphatic heterocycles. The van der Waals surface area contributed by atoms with Crippen molar-refractivity contribution in [2.75, 3.05) is 20.3 Å². The Morgan fingerprint density at radius 2 is 1.81 bits per heavy atom. The summed E-state index contributed by atoms with van der Waals surface area (Å²) < 4.78 is 10.8. The zero-order chi connectivity index (χ0) is 34.6. The van der Waals surface area contributed by atoms with Gasteiger partial charge >= 0.3 is 5.97 Å². The standard InChI is InChI=1S/C34H37N5O7.C2H6.3H2/c1-3-8-26(38-33(43)28-16-23-25(37-28)12-6-13-30(23)45-2)32(42)39-27(15-20-10-7-14-36-31(20)41)29(40)19-46-34(44)24-18-35-17-21-9-4-5-11-22(21)24;1-2;;;/h4-6,9,11-13,16-18,20,26-27,37H,3,7-8,10,14-15,19H2,1-2H3,(H,36,41)(H,38,43)(H,39,42);1-2H3;3*1H/t20-,26-,27-;;;;/m0..../s1. The van der Waals surface area contributed by atoms with Crippen LogP contribution in [0.15, 0.2) is 60.9 Å². The second-order valence-corrected chi connectivity index (χ2v) is 11.3. The van der Waals surface area contributed by atoms with Gasteiger partial charge in [-0.2, -0.15) is 0 Å². The summed E-state index contributed by atoms with van der Waals surface area (Å²) in [6.07, 6.45) is 5.18. The van der Waals surface area contributed by atoms with E-state index in [9.17, 15) is 24.0 Å². The van der Waals surface area contributed by atoms with Crippen LogP contribution in [0, 0.1) is 5.92 Å². The van der Waals surface area contributed by atoms with Crippen LogP contribution >= 0.6 is 0 Å². The molecule has 0 aliphatic carbocycles. The summed E-state index contributed by atoms with van der Waals surface area (Å²) in [7, 11) is 1.54. The molecule has 260 valence electrons. The van der Waals surface area contributed by atoms with E-state index in [1.54, 1.807) is 43.6 Å². The van der Waals surface area contributed by atoms with E-state index in [4.69, 9.17) is 9.47 Å². The van der Waals surface area contributed by atoms with Crippen LogP contribution < -0.4 is 20.7 Å². The maximum Gasteiger partial charge on any atom is 0.340 e.